The molecule has 414 valence electrons. The Bertz CT molecular complexity index is 2730. The Morgan fingerprint density at radius 2 is 0.987 bits per heavy atom. The van der Waals surface area contributed by atoms with E-state index in [1.807, 2.05) is 104 Å². The predicted molar refractivity (Wildman–Crippen MR) is 314 cm³/mol. The minimum atomic E-state index is -0.667. The van der Waals surface area contributed by atoms with Crippen molar-refractivity contribution in [1.29, 1.82) is 0 Å². The zero-order valence-electron chi connectivity index (χ0n) is 48.4. The third kappa shape index (κ3) is 15.4. The second-order valence-corrected chi connectivity index (χ2v) is 23.9. The first kappa shape index (κ1) is 58.7. The fraction of sp³-hybridized carbons (Fsp3) is 0.538. The van der Waals surface area contributed by atoms with Crippen molar-refractivity contribution in [2.75, 3.05) is 29.4 Å². The van der Waals surface area contributed by atoms with Crippen LogP contribution in [0.2, 0.25) is 0 Å². The number of nitrogens with zero attached hydrogens (tertiary/aromatic N) is 5. The Morgan fingerprint density at radius 1 is 0.597 bits per heavy atom. The molecule has 12 nitrogen and oxygen atoms in total. The molecule has 4 aromatic carbocycles. The lowest BCUT2D eigenvalue weighted by atomic mass is 9.84. The number of carbonyl (C=O) groups excluding carboxylic acids is 4. The van der Waals surface area contributed by atoms with Crippen LogP contribution >= 0.6 is 0 Å². The van der Waals surface area contributed by atoms with Gasteiger partial charge < -0.3 is 30.0 Å². The summed E-state index contributed by atoms with van der Waals surface area (Å²) < 4.78 is 1.06. The average molecular weight is 1050 g/mol. The molecule has 2 aliphatic heterocycles. The highest BCUT2D eigenvalue weighted by atomic mass is 16.3. The molecule has 0 bridgehead atoms. The fourth-order valence-electron chi connectivity index (χ4n) is 11.9. The van der Waals surface area contributed by atoms with Gasteiger partial charge in [-0.25, -0.2) is 0 Å². The van der Waals surface area contributed by atoms with E-state index in [4.69, 9.17) is 4.99 Å². The Kier molecular flexibility index (Phi) is 19.9. The molecule has 8 rings (SSSR count). The normalized spacial score (nSPS) is 20.5. The lowest BCUT2D eigenvalue weighted by Crippen LogP contribution is -2.46. The third-order valence-electron chi connectivity index (χ3n) is 16.6. The van der Waals surface area contributed by atoms with Gasteiger partial charge in [0.15, 0.2) is 0 Å². The van der Waals surface area contributed by atoms with Crippen molar-refractivity contribution in [2.45, 2.75) is 196 Å². The van der Waals surface area contributed by atoms with E-state index in [2.05, 4.69) is 82.6 Å². The summed E-state index contributed by atoms with van der Waals surface area (Å²) >= 11 is 0. The second-order valence-electron chi connectivity index (χ2n) is 23.9. The molecule has 2 heterocycles. The number of aryl methyl sites for hydroxylation is 3. The van der Waals surface area contributed by atoms with Crippen LogP contribution in [0.25, 0.3) is 0 Å². The summed E-state index contributed by atoms with van der Waals surface area (Å²) in [6, 6.07) is 29.4. The Balaban J connectivity index is 0.000000224. The molecule has 4 amide bonds. The maximum absolute atomic E-state index is 13.2. The number of hydrogen-bond donors (Lipinski definition) is 3. The molecule has 2 aliphatic carbocycles. The van der Waals surface area contributed by atoms with Crippen LogP contribution < -0.4 is 20.4 Å². The van der Waals surface area contributed by atoms with E-state index < -0.39 is 5.60 Å². The van der Waals surface area contributed by atoms with Crippen molar-refractivity contribution in [3.8, 4) is 0 Å². The smallest absolute Gasteiger partial charge is 0.278 e. The van der Waals surface area contributed by atoms with Crippen molar-refractivity contribution in [2.24, 2.45) is 21.8 Å². The second kappa shape index (κ2) is 26.1. The first-order valence-electron chi connectivity index (χ1n) is 29.1. The summed E-state index contributed by atoms with van der Waals surface area (Å²) in [5.41, 5.74) is 10.1. The number of hydrogen-bond acceptors (Lipinski definition) is 5. The van der Waals surface area contributed by atoms with Crippen molar-refractivity contribution in [3.63, 3.8) is 0 Å². The number of benzene rings is 4. The molecule has 3 N–H and O–H groups in total. The molecular formula is C65H90N7O5+. The molecular weight excluding hydrogens is 959 g/mol. The van der Waals surface area contributed by atoms with Gasteiger partial charge in [-0.2, -0.15) is 9.98 Å². The molecule has 0 saturated heterocycles. The van der Waals surface area contributed by atoms with Gasteiger partial charge in [0.1, 0.15) is 18.2 Å². The number of nitrogens with one attached hydrogen (secondary N) is 2. The van der Waals surface area contributed by atoms with E-state index in [0.717, 1.165) is 130 Å². The quantitative estimate of drug-likeness (QED) is 0.0893. The highest BCUT2D eigenvalue weighted by Crippen LogP contribution is 2.40. The SMILES string of the molecule is CC[N+](CC)(CC)Cc1ccc2c(c1)N(C1CCC(C(=O)NC(C)C)CC1)C(=NC(=O)c1ccc(C)cc1)C2.Cc1ccc(C(=O)N=C2Cc3ccc(CCCC(C)(C)O)cc3N2C2CCC(C(=O)NC(C)C)CC2)cc1. The maximum Gasteiger partial charge on any atom is 0.278 e. The van der Waals surface area contributed by atoms with Gasteiger partial charge in [0.05, 0.1) is 25.2 Å². The van der Waals surface area contributed by atoms with E-state index in [-0.39, 0.29) is 59.6 Å². The highest BCUT2D eigenvalue weighted by molar-refractivity contribution is 6.14. The van der Waals surface area contributed by atoms with E-state index in [1.54, 1.807) is 0 Å². The number of amidine groups is 2. The van der Waals surface area contributed by atoms with Crippen LogP contribution in [0.5, 0.6) is 0 Å². The number of aliphatic hydroxyl groups is 1. The Labute approximate surface area is 460 Å². The molecule has 0 unspecified atom stereocenters. The minimum Gasteiger partial charge on any atom is -0.390 e. The number of anilines is 2. The van der Waals surface area contributed by atoms with Crippen molar-refractivity contribution in [1.82, 2.24) is 10.6 Å². The van der Waals surface area contributed by atoms with Crippen LogP contribution in [0.1, 0.15) is 181 Å². The minimum absolute atomic E-state index is 0.0403. The van der Waals surface area contributed by atoms with Gasteiger partial charge in [-0.1, -0.05) is 59.7 Å². The van der Waals surface area contributed by atoms with Crippen LogP contribution in [0.15, 0.2) is 94.9 Å². The number of carbonyl (C=O) groups is 4. The van der Waals surface area contributed by atoms with Crippen LogP contribution in [0.4, 0.5) is 11.4 Å². The van der Waals surface area contributed by atoms with E-state index in [1.165, 1.54) is 27.9 Å². The number of aliphatic imine (C=N–C) groups is 2. The molecule has 2 fully saturated rings. The van der Waals surface area contributed by atoms with Crippen LogP contribution in [-0.2, 0) is 35.4 Å². The van der Waals surface area contributed by atoms with Crippen LogP contribution in [0.3, 0.4) is 0 Å². The van der Waals surface area contributed by atoms with Gasteiger partial charge in [-0.15, -0.1) is 0 Å². The van der Waals surface area contributed by atoms with E-state index in [9.17, 15) is 24.3 Å². The summed E-state index contributed by atoms with van der Waals surface area (Å²) in [5, 5.41) is 16.3. The zero-order chi connectivity index (χ0) is 55.6. The summed E-state index contributed by atoms with van der Waals surface area (Å²) in [4.78, 5) is 65.7. The van der Waals surface area contributed by atoms with Gasteiger partial charge in [0, 0.05) is 76.9 Å². The van der Waals surface area contributed by atoms with Crippen molar-refractivity contribution >= 4 is 46.7 Å². The summed E-state index contributed by atoms with van der Waals surface area (Å²) in [5.74, 6) is 1.66. The summed E-state index contributed by atoms with van der Waals surface area (Å²) in [6.07, 6.45) is 10.8. The number of rotatable bonds is 17. The zero-order valence-corrected chi connectivity index (χ0v) is 48.4. The molecule has 4 aliphatic rings. The predicted octanol–water partition coefficient (Wildman–Crippen LogP) is 11.8. The van der Waals surface area contributed by atoms with E-state index in [0.29, 0.717) is 24.0 Å². The summed E-state index contributed by atoms with van der Waals surface area (Å²) in [6.45, 7) is 26.9. The van der Waals surface area contributed by atoms with E-state index >= 15 is 0 Å². The molecule has 2 saturated carbocycles. The number of quaternary nitrogens is 1. The maximum atomic E-state index is 13.2. The Morgan fingerprint density at radius 3 is 1.36 bits per heavy atom. The fourth-order valence-corrected chi connectivity index (χ4v) is 11.9. The first-order chi connectivity index (χ1) is 36.7. The molecule has 77 heavy (non-hydrogen) atoms. The molecule has 0 radical (unpaired) electrons. The third-order valence-corrected chi connectivity index (χ3v) is 16.6. The topological polar surface area (TPSA) is 144 Å². The number of fused-ring (bicyclic) bond motifs is 2. The average Bonchev–Trinajstić information content (AvgIpc) is 3.98. The van der Waals surface area contributed by atoms with Crippen molar-refractivity contribution in [3.05, 3.63) is 129 Å². The van der Waals surface area contributed by atoms with Crippen LogP contribution in [-0.4, -0.2) is 94.3 Å². The van der Waals surface area contributed by atoms with Gasteiger partial charge in [-0.3, -0.25) is 19.2 Å². The standard InChI is InChI=1S/C33H46N4O2.C32H43N3O3/c1-7-37(8-2,9-3)22-25-12-15-28-21-31(35-33(39)26-13-10-24(6)11-14-26)36(30(28)20-25)29-18-16-27(17-19-29)32(38)34-23(4)5;1-21(2)33-30(36)25-14-16-27(17-15-25)35-28-19-23(7-6-18-32(4,5)38)10-13-26(28)20-29(35)34-31(37)24-11-8-22(3)9-12-24/h10-15,20,23,27,29H,7-9,16-19,21-22H2,1-6H3;8-13,19,21,25,27,38H,6-7,14-18,20H2,1-5H3,(H,33,36)/p+1. The van der Waals surface area contributed by atoms with Gasteiger partial charge in [0.2, 0.25) is 11.8 Å². The van der Waals surface area contributed by atoms with Gasteiger partial charge in [0.25, 0.3) is 11.8 Å². The molecule has 0 spiro atoms. The number of amides is 4. The molecule has 0 atom stereocenters. The lowest BCUT2D eigenvalue weighted by molar-refractivity contribution is -0.936. The molecule has 4 aromatic rings. The first-order valence-corrected chi connectivity index (χ1v) is 29.1. The van der Waals surface area contributed by atoms with Gasteiger partial charge in [-0.05, 0) is 200 Å². The van der Waals surface area contributed by atoms with Crippen molar-refractivity contribution < 1.29 is 28.8 Å². The van der Waals surface area contributed by atoms with Gasteiger partial charge >= 0.3 is 0 Å². The monoisotopic (exact) mass is 1050 g/mol. The van der Waals surface area contributed by atoms with Crippen LogP contribution in [0, 0.1) is 25.7 Å². The molecule has 0 aromatic heterocycles. The largest absolute Gasteiger partial charge is 0.390 e. The molecule has 12 heteroatoms. The Hall–Kier alpha value is -5.98. The lowest BCUT2D eigenvalue weighted by Gasteiger charge is -2.37. The summed E-state index contributed by atoms with van der Waals surface area (Å²) in [7, 11) is 0. The highest BCUT2D eigenvalue weighted by Gasteiger charge is 2.39.